The highest BCUT2D eigenvalue weighted by molar-refractivity contribution is 5.92. The van der Waals surface area contributed by atoms with Gasteiger partial charge in [0.1, 0.15) is 6.07 Å². The summed E-state index contributed by atoms with van der Waals surface area (Å²) in [6, 6.07) is 10.9. The molecule has 0 radical (unpaired) electrons. The summed E-state index contributed by atoms with van der Waals surface area (Å²) in [5.74, 6) is 0.668. The molecule has 0 spiro atoms. The van der Waals surface area contributed by atoms with Gasteiger partial charge >= 0.3 is 0 Å². The highest BCUT2D eigenvalue weighted by atomic mass is 16.2. The maximum absolute atomic E-state index is 12.2. The summed E-state index contributed by atoms with van der Waals surface area (Å²) in [6.07, 6.45) is 3.48. The van der Waals surface area contributed by atoms with E-state index in [9.17, 15) is 4.79 Å². The van der Waals surface area contributed by atoms with Gasteiger partial charge < -0.3 is 15.1 Å². The Kier molecular flexibility index (Phi) is 4.99. The summed E-state index contributed by atoms with van der Waals surface area (Å²) < 4.78 is 0. The molecule has 2 N–H and O–H groups in total. The minimum atomic E-state index is -0.0721. The van der Waals surface area contributed by atoms with Crippen molar-refractivity contribution in [3.8, 4) is 6.07 Å². The second kappa shape index (κ2) is 7.53. The fourth-order valence-corrected chi connectivity index (χ4v) is 2.77. The highest BCUT2D eigenvalue weighted by Crippen LogP contribution is 2.12. The topological polar surface area (TPSA) is 86.4 Å². The second-order valence-electron chi connectivity index (χ2n) is 5.67. The van der Waals surface area contributed by atoms with Crippen LogP contribution in [-0.4, -0.2) is 48.6 Å². The van der Waals surface area contributed by atoms with Crippen LogP contribution < -0.4 is 15.1 Å². The summed E-state index contributed by atoms with van der Waals surface area (Å²) >= 11 is 0. The van der Waals surface area contributed by atoms with Crippen LogP contribution in [0.3, 0.4) is 0 Å². The summed E-state index contributed by atoms with van der Waals surface area (Å²) in [5.41, 5.74) is 1.05. The second-order valence-corrected chi connectivity index (χ2v) is 5.67. The zero-order valence-corrected chi connectivity index (χ0v) is 13.3. The normalized spacial score (nSPS) is 14.9. The third-order valence-electron chi connectivity index (χ3n) is 4.04. The molecule has 7 heteroatoms. The maximum Gasteiger partial charge on any atom is 0.279 e. The van der Waals surface area contributed by atoms with E-state index in [0.717, 1.165) is 32.1 Å². The number of carbonyl (C=O) groups is 1. The molecule has 0 bridgehead atoms. The Bertz CT molecular complexity index is 734. The number of nitrogens with one attached hydrogen (secondary N) is 2. The van der Waals surface area contributed by atoms with Gasteiger partial charge in [-0.05, 0) is 18.2 Å². The molecule has 1 aromatic heterocycles. The number of rotatable bonds is 4. The average molecular weight is 323 g/mol. The molecule has 24 heavy (non-hydrogen) atoms. The van der Waals surface area contributed by atoms with Gasteiger partial charge in [0.2, 0.25) is 5.95 Å². The molecule has 2 aromatic rings. The van der Waals surface area contributed by atoms with Crippen molar-refractivity contribution in [1.82, 2.24) is 9.97 Å². The van der Waals surface area contributed by atoms with Gasteiger partial charge in [-0.2, -0.15) is 5.26 Å². The molecule has 1 aromatic carbocycles. The Morgan fingerprint density at radius 3 is 2.62 bits per heavy atom. The molecule has 1 fully saturated rings. The smallest absolute Gasteiger partial charge is 0.279 e. The summed E-state index contributed by atoms with van der Waals surface area (Å²) in [7, 11) is 0. The number of anilines is 2. The molecule has 3 rings (SSSR count). The Morgan fingerprint density at radius 1 is 1.21 bits per heavy atom. The average Bonchev–Trinajstić information content (AvgIpc) is 2.63. The minimum absolute atomic E-state index is 0.0721. The number of hydrogen-bond acceptors (Lipinski definition) is 5. The number of amides is 1. The van der Waals surface area contributed by atoms with Crippen molar-refractivity contribution in [2.75, 3.05) is 42.9 Å². The first kappa shape index (κ1) is 15.9. The number of aromatic nitrogens is 2. The lowest BCUT2D eigenvalue weighted by Crippen LogP contribution is -3.15. The molecule has 122 valence electrons. The number of para-hydroxylation sites is 1. The van der Waals surface area contributed by atoms with Crippen LogP contribution >= 0.6 is 0 Å². The van der Waals surface area contributed by atoms with Gasteiger partial charge in [-0.15, -0.1) is 0 Å². The van der Waals surface area contributed by atoms with E-state index in [-0.39, 0.29) is 5.91 Å². The first-order valence-electron chi connectivity index (χ1n) is 7.91. The largest absolute Gasteiger partial charge is 0.330 e. The van der Waals surface area contributed by atoms with Crippen LogP contribution in [-0.2, 0) is 4.79 Å². The molecule has 0 saturated carbocycles. The molecule has 1 saturated heterocycles. The van der Waals surface area contributed by atoms with Crippen LogP contribution in [0.5, 0.6) is 0 Å². The summed E-state index contributed by atoms with van der Waals surface area (Å²) in [5, 5.41) is 11.9. The predicted molar refractivity (Wildman–Crippen MR) is 89.6 cm³/mol. The van der Waals surface area contributed by atoms with Crippen molar-refractivity contribution < 1.29 is 9.69 Å². The molecular weight excluding hydrogens is 304 g/mol. The molecule has 2 heterocycles. The van der Waals surface area contributed by atoms with Gasteiger partial charge in [0, 0.05) is 12.4 Å². The van der Waals surface area contributed by atoms with Crippen molar-refractivity contribution >= 4 is 17.5 Å². The first-order chi connectivity index (χ1) is 11.8. The van der Waals surface area contributed by atoms with Gasteiger partial charge in [0.15, 0.2) is 6.54 Å². The van der Waals surface area contributed by atoms with Crippen LogP contribution in [0.1, 0.15) is 5.56 Å². The number of nitriles is 1. The van der Waals surface area contributed by atoms with Crippen molar-refractivity contribution in [3.63, 3.8) is 0 Å². The number of piperazine rings is 1. The standard InChI is InChI=1S/C17H18N6O/c18-12-14-4-1-2-5-15(14)21-16(24)13-22-8-10-23(11-9-22)17-19-6-3-7-20-17/h1-7H,8-11,13H2,(H,21,24)/p+1. The zero-order chi connectivity index (χ0) is 16.8. The van der Waals surface area contributed by atoms with E-state index >= 15 is 0 Å². The molecule has 1 aliphatic heterocycles. The maximum atomic E-state index is 12.2. The zero-order valence-electron chi connectivity index (χ0n) is 13.3. The van der Waals surface area contributed by atoms with Crippen LogP contribution in [0.25, 0.3) is 0 Å². The van der Waals surface area contributed by atoms with Crippen molar-refractivity contribution in [3.05, 3.63) is 48.3 Å². The number of benzene rings is 1. The van der Waals surface area contributed by atoms with Crippen molar-refractivity contribution in [2.45, 2.75) is 0 Å². The van der Waals surface area contributed by atoms with Gasteiger partial charge in [-0.1, -0.05) is 12.1 Å². The van der Waals surface area contributed by atoms with Crippen LogP contribution in [0.15, 0.2) is 42.7 Å². The van der Waals surface area contributed by atoms with E-state index in [0.29, 0.717) is 17.8 Å². The monoisotopic (exact) mass is 323 g/mol. The SMILES string of the molecule is N#Cc1ccccc1NC(=O)C[NH+]1CCN(c2ncccn2)CC1. The third kappa shape index (κ3) is 3.86. The highest BCUT2D eigenvalue weighted by Gasteiger charge is 2.23. The van der Waals surface area contributed by atoms with Crippen LogP contribution in [0, 0.1) is 11.3 Å². The van der Waals surface area contributed by atoms with Crippen molar-refractivity contribution in [2.24, 2.45) is 0 Å². The predicted octanol–water partition coefficient (Wildman–Crippen LogP) is -0.308. The fraction of sp³-hybridized carbons (Fsp3) is 0.294. The van der Waals surface area contributed by atoms with E-state index in [1.54, 1.807) is 36.7 Å². The Hall–Kier alpha value is -2.98. The van der Waals surface area contributed by atoms with E-state index < -0.39 is 0 Å². The quantitative estimate of drug-likeness (QED) is 0.806. The van der Waals surface area contributed by atoms with Gasteiger partial charge in [-0.25, -0.2) is 9.97 Å². The lowest BCUT2D eigenvalue weighted by molar-refractivity contribution is -0.892. The Balaban J connectivity index is 1.51. The lowest BCUT2D eigenvalue weighted by Gasteiger charge is -2.31. The van der Waals surface area contributed by atoms with E-state index in [1.807, 2.05) is 6.07 Å². The van der Waals surface area contributed by atoms with Gasteiger partial charge in [-0.3, -0.25) is 4.79 Å². The van der Waals surface area contributed by atoms with Gasteiger partial charge in [0.05, 0.1) is 37.4 Å². The minimum Gasteiger partial charge on any atom is -0.330 e. The number of quaternary nitrogens is 1. The lowest BCUT2D eigenvalue weighted by atomic mass is 10.2. The van der Waals surface area contributed by atoms with E-state index in [1.165, 1.54) is 4.90 Å². The van der Waals surface area contributed by atoms with Gasteiger partial charge in [0.25, 0.3) is 5.91 Å². The van der Waals surface area contributed by atoms with E-state index in [4.69, 9.17) is 5.26 Å². The molecule has 0 aliphatic carbocycles. The van der Waals surface area contributed by atoms with Crippen LogP contribution in [0.2, 0.25) is 0 Å². The Morgan fingerprint density at radius 2 is 1.92 bits per heavy atom. The molecular formula is C17H19N6O+. The van der Waals surface area contributed by atoms with E-state index in [2.05, 4.69) is 26.3 Å². The third-order valence-corrected chi connectivity index (χ3v) is 4.04. The molecule has 7 nitrogen and oxygen atoms in total. The molecule has 0 atom stereocenters. The number of carbonyl (C=O) groups excluding carboxylic acids is 1. The van der Waals surface area contributed by atoms with Crippen molar-refractivity contribution in [1.29, 1.82) is 5.26 Å². The molecule has 0 unspecified atom stereocenters. The Labute approximate surface area is 140 Å². The number of nitrogens with zero attached hydrogens (tertiary/aromatic N) is 4. The molecule has 1 amide bonds. The summed E-state index contributed by atoms with van der Waals surface area (Å²) in [6.45, 7) is 3.74. The fourth-order valence-electron chi connectivity index (χ4n) is 2.77. The van der Waals surface area contributed by atoms with Crippen LogP contribution in [0.4, 0.5) is 11.6 Å². The number of hydrogen-bond donors (Lipinski definition) is 2. The molecule has 1 aliphatic rings. The first-order valence-corrected chi connectivity index (χ1v) is 7.91. The summed E-state index contributed by atoms with van der Waals surface area (Å²) in [4.78, 5) is 24.1.